The topological polar surface area (TPSA) is 101 Å². The molecule has 2 N–H and O–H groups in total. The lowest BCUT2D eigenvalue weighted by molar-refractivity contribution is -0.123. The van der Waals surface area contributed by atoms with Crippen molar-refractivity contribution in [3.63, 3.8) is 0 Å². The fourth-order valence-corrected chi connectivity index (χ4v) is 3.72. The molecule has 0 aliphatic heterocycles. The second-order valence-electron chi connectivity index (χ2n) is 7.85. The average molecular weight is 624 g/mol. The van der Waals surface area contributed by atoms with E-state index in [-0.39, 0.29) is 24.7 Å². The zero-order valence-electron chi connectivity index (χ0n) is 20.6. The summed E-state index contributed by atoms with van der Waals surface area (Å²) in [5, 5.41) is 8.06. The van der Waals surface area contributed by atoms with Crippen LogP contribution in [0.2, 0.25) is 0 Å². The Labute approximate surface area is 229 Å². The molecule has 0 atom stereocenters. The van der Waals surface area contributed by atoms with Gasteiger partial charge in [0.2, 0.25) is 11.8 Å². The lowest BCUT2D eigenvalue weighted by Gasteiger charge is -2.08. The predicted molar refractivity (Wildman–Crippen MR) is 150 cm³/mol. The molecule has 10 heteroatoms. The van der Waals surface area contributed by atoms with Crippen molar-refractivity contribution in [2.24, 2.45) is 10.2 Å². The lowest BCUT2D eigenvalue weighted by atomic mass is 10.2. The van der Waals surface area contributed by atoms with Crippen LogP contribution in [0.4, 0.5) is 0 Å². The van der Waals surface area contributed by atoms with E-state index in [1.807, 2.05) is 50.2 Å². The number of carbonyl (C=O) groups is 2. The van der Waals surface area contributed by atoms with Gasteiger partial charge < -0.3 is 9.47 Å². The van der Waals surface area contributed by atoms with Gasteiger partial charge in [0, 0.05) is 32.9 Å². The number of nitrogens with one attached hydrogen (secondary N) is 2. The number of nitrogens with zero attached hydrogens (tertiary/aromatic N) is 2. The van der Waals surface area contributed by atoms with Crippen molar-refractivity contribution < 1.29 is 19.1 Å². The Morgan fingerprint density at radius 3 is 1.58 bits per heavy atom. The number of hydrogen-bond acceptors (Lipinski definition) is 6. The van der Waals surface area contributed by atoms with Crippen molar-refractivity contribution in [1.82, 2.24) is 10.9 Å². The molecule has 8 nitrogen and oxygen atoms in total. The van der Waals surface area contributed by atoms with Gasteiger partial charge >= 0.3 is 0 Å². The van der Waals surface area contributed by atoms with Crippen LogP contribution in [0.15, 0.2) is 55.5 Å². The Kier molecular flexibility index (Phi) is 13.8. The summed E-state index contributed by atoms with van der Waals surface area (Å²) in [4.78, 5) is 24.1. The first-order valence-electron chi connectivity index (χ1n) is 11.9. The summed E-state index contributed by atoms with van der Waals surface area (Å²) in [6.45, 7) is 5.28. The smallest absolute Gasteiger partial charge is 0.240 e. The van der Waals surface area contributed by atoms with Crippen molar-refractivity contribution in [3.05, 3.63) is 56.5 Å². The van der Waals surface area contributed by atoms with Crippen LogP contribution in [0.3, 0.4) is 0 Å². The van der Waals surface area contributed by atoms with E-state index in [1.165, 1.54) is 0 Å². The molecule has 2 amide bonds. The van der Waals surface area contributed by atoms with Crippen molar-refractivity contribution in [1.29, 1.82) is 0 Å². The quantitative estimate of drug-likeness (QED) is 0.145. The number of carbonyl (C=O) groups excluding carboxylic acids is 2. The predicted octanol–water partition coefficient (Wildman–Crippen LogP) is 5.95. The molecule has 0 spiro atoms. The number of benzene rings is 2. The third-order valence-corrected chi connectivity index (χ3v) is 5.70. The third kappa shape index (κ3) is 11.3. The molecule has 0 bridgehead atoms. The molecular formula is C26H32Br2N4O4. The van der Waals surface area contributed by atoms with Crippen LogP contribution in [0.5, 0.6) is 11.5 Å². The van der Waals surface area contributed by atoms with Gasteiger partial charge in [0.15, 0.2) is 0 Å². The fraction of sp³-hybridized carbons (Fsp3) is 0.385. The minimum Gasteiger partial charge on any atom is -0.493 e. The molecule has 36 heavy (non-hydrogen) atoms. The first kappa shape index (κ1) is 29.5. The summed E-state index contributed by atoms with van der Waals surface area (Å²) in [5.41, 5.74) is 6.57. The fourth-order valence-electron chi connectivity index (χ4n) is 2.96. The van der Waals surface area contributed by atoms with E-state index in [0.29, 0.717) is 37.6 Å². The minimum atomic E-state index is -0.218. The summed E-state index contributed by atoms with van der Waals surface area (Å²) in [7, 11) is 0. The molecule has 2 aromatic rings. The number of amides is 2. The van der Waals surface area contributed by atoms with E-state index < -0.39 is 0 Å². The van der Waals surface area contributed by atoms with E-state index in [0.717, 1.165) is 32.9 Å². The van der Waals surface area contributed by atoms with Crippen molar-refractivity contribution in [3.8, 4) is 11.5 Å². The van der Waals surface area contributed by atoms with Crippen molar-refractivity contribution in [2.75, 3.05) is 13.2 Å². The molecule has 0 unspecified atom stereocenters. The third-order valence-electron chi connectivity index (χ3n) is 4.71. The van der Waals surface area contributed by atoms with Gasteiger partial charge in [-0.25, -0.2) is 10.9 Å². The van der Waals surface area contributed by atoms with E-state index in [2.05, 4.69) is 52.9 Å². The molecule has 0 aliphatic rings. The van der Waals surface area contributed by atoms with E-state index in [9.17, 15) is 9.59 Å². The highest BCUT2D eigenvalue weighted by atomic mass is 79.9. The van der Waals surface area contributed by atoms with Gasteiger partial charge in [0.1, 0.15) is 11.5 Å². The van der Waals surface area contributed by atoms with Crippen LogP contribution < -0.4 is 20.3 Å². The molecule has 0 radical (unpaired) electrons. The molecule has 194 valence electrons. The van der Waals surface area contributed by atoms with Gasteiger partial charge in [0.25, 0.3) is 0 Å². The van der Waals surface area contributed by atoms with Crippen LogP contribution in [0.25, 0.3) is 0 Å². The van der Waals surface area contributed by atoms with E-state index >= 15 is 0 Å². The zero-order chi connectivity index (χ0) is 26.2. The molecule has 0 aliphatic carbocycles. The Morgan fingerprint density at radius 1 is 0.778 bits per heavy atom. The largest absolute Gasteiger partial charge is 0.493 e. The maximum absolute atomic E-state index is 12.1. The summed E-state index contributed by atoms with van der Waals surface area (Å²) in [6, 6.07) is 11.2. The highest BCUT2D eigenvalue weighted by molar-refractivity contribution is 9.10. The molecule has 2 aromatic carbocycles. The van der Waals surface area contributed by atoms with Crippen LogP contribution in [-0.2, 0) is 9.59 Å². The van der Waals surface area contributed by atoms with Crippen LogP contribution in [-0.4, -0.2) is 37.5 Å². The maximum Gasteiger partial charge on any atom is 0.240 e. The molecule has 0 fully saturated rings. The summed E-state index contributed by atoms with van der Waals surface area (Å²) in [5.74, 6) is 0.975. The lowest BCUT2D eigenvalue weighted by Crippen LogP contribution is -2.19. The second-order valence-corrected chi connectivity index (χ2v) is 9.69. The summed E-state index contributed by atoms with van der Waals surface area (Å²) in [6.07, 6.45) is 6.55. The highest BCUT2D eigenvalue weighted by Gasteiger charge is 2.06. The highest BCUT2D eigenvalue weighted by Crippen LogP contribution is 2.23. The Hall–Kier alpha value is -2.72. The Balaban J connectivity index is 1.71. The molecule has 0 saturated carbocycles. The SMILES string of the molecule is CCCOc1ccc(Br)cc1/C=N/NC(=O)CCCCC(=O)N/N=C/c1cc(Br)ccc1OCCC. The number of hydrogen-bond donors (Lipinski definition) is 2. The molecule has 0 heterocycles. The zero-order valence-corrected chi connectivity index (χ0v) is 23.7. The molecule has 2 rings (SSSR count). The maximum atomic E-state index is 12.1. The van der Waals surface area contributed by atoms with Gasteiger partial charge in [0.05, 0.1) is 25.6 Å². The monoisotopic (exact) mass is 622 g/mol. The Bertz CT molecular complexity index is 977. The number of unbranched alkanes of at least 4 members (excludes halogenated alkanes) is 1. The number of hydrazone groups is 2. The molecular weight excluding hydrogens is 592 g/mol. The van der Waals surface area contributed by atoms with Crippen molar-refractivity contribution in [2.45, 2.75) is 52.4 Å². The van der Waals surface area contributed by atoms with Crippen LogP contribution >= 0.6 is 31.9 Å². The van der Waals surface area contributed by atoms with Gasteiger partial charge in [-0.2, -0.15) is 10.2 Å². The summed E-state index contributed by atoms with van der Waals surface area (Å²) < 4.78 is 13.2. The standard InChI is InChI=1S/C26H32Br2N4O4/c1-3-13-35-23-11-9-21(27)15-19(23)17-29-31-25(33)7-5-6-8-26(34)32-30-18-20-16-22(28)10-12-24(20)36-14-4-2/h9-12,15-18H,3-8,13-14H2,1-2H3,(H,31,33)(H,32,34)/b29-17+,30-18+. The minimum absolute atomic E-state index is 0.218. The van der Waals surface area contributed by atoms with Gasteiger partial charge in [-0.3, -0.25) is 9.59 Å². The normalized spacial score (nSPS) is 11.1. The van der Waals surface area contributed by atoms with Gasteiger partial charge in [-0.05, 0) is 62.1 Å². The number of ether oxygens (including phenoxy) is 2. The van der Waals surface area contributed by atoms with Crippen LogP contribution in [0.1, 0.15) is 63.5 Å². The number of halogens is 2. The molecule has 0 saturated heterocycles. The average Bonchev–Trinajstić information content (AvgIpc) is 2.85. The Morgan fingerprint density at radius 2 is 1.19 bits per heavy atom. The molecule has 0 aromatic heterocycles. The van der Waals surface area contributed by atoms with Crippen LogP contribution in [0, 0.1) is 0 Å². The van der Waals surface area contributed by atoms with Gasteiger partial charge in [-0.1, -0.05) is 45.7 Å². The number of rotatable bonds is 15. The summed E-state index contributed by atoms with van der Waals surface area (Å²) >= 11 is 6.86. The first-order chi connectivity index (χ1) is 17.4. The second kappa shape index (κ2) is 16.9. The van der Waals surface area contributed by atoms with E-state index in [1.54, 1.807) is 12.4 Å². The van der Waals surface area contributed by atoms with E-state index in [4.69, 9.17) is 9.47 Å². The van der Waals surface area contributed by atoms with Gasteiger partial charge in [-0.15, -0.1) is 0 Å². The first-order valence-corrected chi connectivity index (χ1v) is 13.5. The van der Waals surface area contributed by atoms with Crippen molar-refractivity contribution >= 4 is 56.1 Å².